The van der Waals surface area contributed by atoms with E-state index in [4.69, 9.17) is 9.47 Å². The second-order valence-electron chi connectivity index (χ2n) is 8.66. The third-order valence-electron chi connectivity index (χ3n) is 6.29. The van der Waals surface area contributed by atoms with Gasteiger partial charge in [-0.3, -0.25) is 9.59 Å². The molecule has 1 aliphatic carbocycles. The number of hydrogen-bond donors (Lipinski definition) is 1. The van der Waals surface area contributed by atoms with E-state index in [9.17, 15) is 9.59 Å². The van der Waals surface area contributed by atoms with Crippen LogP contribution in [0.15, 0.2) is 46.2 Å². The van der Waals surface area contributed by atoms with E-state index in [-0.39, 0.29) is 17.9 Å². The van der Waals surface area contributed by atoms with Gasteiger partial charge in [0, 0.05) is 23.5 Å². The summed E-state index contributed by atoms with van der Waals surface area (Å²) in [6.45, 7) is 2.47. The lowest BCUT2D eigenvalue weighted by atomic mass is 10.1. The highest BCUT2D eigenvalue weighted by atomic mass is 32.2. The maximum Gasteiger partial charge on any atom is 0.264 e. The number of benzene rings is 2. The van der Waals surface area contributed by atoms with Crippen LogP contribution in [0.2, 0.25) is 0 Å². The Morgan fingerprint density at radius 1 is 1.12 bits per heavy atom. The number of nitrogens with zero attached hydrogens (tertiary/aromatic N) is 1. The van der Waals surface area contributed by atoms with Gasteiger partial charge < -0.3 is 19.7 Å². The molecule has 1 fully saturated rings. The molecule has 34 heavy (non-hydrogen) atoms. The third-order valence-corrected chi connectivity index (χ3v) is 7.37. The Morgan fingerprint density at radius 3 is 2.59 bits per heavy atom. The van der Waals surface area contributed by atoms with Crippen molar-refractivity contribution in [2.24, 2.45) is 0 Å². The quantitative estimate of drug-likeness (QED) is 0.427. The lowest BCUT2D eigenvalue weighted by molar-refractivity contribution is -0.114. The number of anilines is 1. The van der Waals surface area contributed by atoms with Gasteiger partial charge in [0.2, 0.25) is 0 Å². The number of methoxy groups -OCH3 is 1. The average Bonchev–Trinajstić information content (AvgIpc) is 3.12. The first kappa shape index (κ1) is 24.2. The summed E-state index contributed by atoms with van der Waals surface area (Å²) in [4.78, 5) is 29.2. The Hall–Kier alpha value is -2.93. The van der Waals surface area contributed by atoms with E-state index in [1.54, 1.807) is 19.1 Å². The molecule has 0 saturated heterocycles. The van der Waals surface area contributed by atoms with E-state index in [1.165, 1.54) is 37.4 Å². The standard InChI is InChI=1S/C27H32N2O4S/c1-4-33-22-13-11-18(15-23(22)32-3)16-25-27(31)29(2)21-17-19(12-14-24(21)34-25)26(30)28-20-9-7-5-6-8-10-20/h11-17,20H,4-10H2,1-3H3,(H,28,30). The molecule has 0 spiro atoms. The summed E-state index contributed by atoms with van der Waals surface area (Å²) in [5.41, 5.74) is 2.20. The number of fused-ring (bicyclic) bond motifs is 1. The fourth-order valence-corrected chi connectivity index (χ4v) is 5.52. The number of ether oxygens (including phenoxy) is 2. The molecule has 2 aromatic rings. The number of thioether (sulfide) groups is 1. The van der Waals surface area contributed by atoms with Crippen molar-refractivity contribution < 1.29 is 19.1 Å². The van der Waals surface area contributed by atoms with Gasteiger partial charge in [-0.15, -0.1) is 0 Å². The van der Waals surface area contributed by atoms with Gasteiger partial charge in [0.05, 0.1) is 24.3 Å². The van der Waals surface area contributed by atoms with Gasteiger partial charge in [0.15, 0.2) is 11.5 Å². The number of rotatable bonds is 6. The van der Waals surface area contributed by atoms with Crippen molar-refractivity contribution in [3.63, 3.8) is 0 Å². The lowest BCUT2D eigenvalue weighted by Crippen LogP contribution is -2.35. The molecule has 1 saturated carbocycles. The smallest absolute Gasteiger partial charge is 0.264 e. The molecule has 0 radical (unpaired) electrons. The van der Waals surface area contributed by atoms with Crippen molar-refractivity contribution in [3.8, 4) is 11.5 Å². The van der Waals surface area contributed by atoms with Crippen LogP contribution in [0.25, 0.3) is 6.08 Å². The Bertz CT molecular complexity index is 1090. The van der Waals surface area contributed by atoms with Gasteiger partial charge in [-0.1, -0.05) is 43.5 Å². The summed E-state index contributed by atoms with van der Waals surface area (Å²) in [7, 11) is 3.35. The van der Waals surface area contributed by atoms with Crippen molar-refractivity contribution in [1.29, 1.82) is 0 Å². The fraction of sp³-hybridized carbons (Fsp3) is 0.407. The van der Waals surface area contributed by atoms with Gasteiger partial charge in [-0.25, -0.2) is 0 Å². The lowest BCUT2D eigenvalue weighted by Gasteiger charge is -2.27. The van der Waals surface area contributed by atoms with E-state index >= 15 is 0 Å². The van der Waals surface area contributed by atoms with Crippen LogP contribution < -0.4 is 19.7 Å². The summed E-state index contributed by atoms with van der Waals surface area (Å²) >= 11 is 1.42. The van der Waals surface area contributed by atoms with E-state index in [1.807, 2.05) is 49.4 Å². The van der Waals surface area contributed by atoms with Crippen molar-refractivity contribution in [3.05, 3.63) is 52.4 Å². The Morgan fingerprint density at radius 2 is 1.88 bits per heavy atom. The highest BCUT2D eigenvalue weighted by Gasteiger charge is 2.28. The number of likely N-dealkylation sites (N-methyl/N-ethyl adjacent to an activating group) is 1. The molecule has 7 heteroatoms. The van der Waals surface area contributed by atoms with Crippen LogP contribution in [0.3, 0.4) is 0 Å². The zero-order chi connectivity index (χ0) is 24.1. The highest BCUT2D eigenvalue weighted by Crippen LogP contribution is 2.42. The number of carbonyl (C=O) groups excluding carboxylic acids is 2. The second-order valence-corrected chi connectivity index (χ2v) is 9.75. The monoisotopic (exact) mass is 480 g/mol. The first-order valence-electron chi connectivity index (χ1n) is 11.9. The molecule has 2 aromatic carbocycles. The summed E-state index contributed by atoms with van der Waals surface area (Å²) in [5, 5.41) is 3.19. The molecule has 0 bridgehead atoms. The zero-order valence-corrected chi connectivity index (χ0v) is 20.9. The predicted molar refractivity (Wildman–Crippen MR) is 137 cm³/mol. The molecule has 2 amide bonds. The van der Waals surface area contributed by atoms with Crippen LogP contribution in [-0.4, -0.2) is 38.6 Å². The second kappa shape index (κ2) is 11.0. The molecule has 1 aliphatic heterocycles. The molecule has 0 unspecified atom stereocenters. The minimum absolute atomic E-state index is 0.0663. The summed E-state index contributed by atoms with van der Waals surface area (Å²) in [6, 6.07) is 11.5. The average molecular weight is 481 g/mol. The van der Waals surface area contributed by atoms with Crippen LogP contribution in [0.5, 0.6) is 11.5 Å². The molecule has 6 nitrogen and oxygen atoms in total. The van der Waals surface area contributed by atoms with E-state index in [0.717, 1.165) is 29.0 Å². The molecule has 0 aromatic heterocycles. The van der Waals surface area contributed by atoms with Crippen LogP contribution >= 0.6 is 11.8 Å². The molecule has 1 heterocycles. The maximum absolute atomic E-state index is 13.1. The Labute approximate surface area is 205 Å². The van der Waals surface area contributed by atoms with Crippen LogP contribution in [0, 0.1) is 0 Å². The predicted octanol–water partition coefficient (Wildman–Crippen LogP) is 5.66. The van der Waals surface area contributed by atoms with Crippen molar-refractivity contribution in [2.75, 3.05) is 25.7 Å². The third kappa shape index (κ3) is 5.41. The molecular formula is C27H32N2O4S. The normalized spacial score (nSPS) is 17.8. The van der Waals surface area contributed by atoms with E-state index < -0.39 is 0 Å². The summed E-state index contributed by atoms with van der Waals surface area (Å²) in [5.74, 6) is 1.13. The molecule has 4 rings (SSSR count). The largest absolute Gasteiger partial charge is 0.493 e. The maximum atomic E-state index is 13.1. The van der Waals surface area contributed by atoms with Crippen molar-refractivity contribution in [2.45, 2.75) is 56.4 Å². The topological polar surface area (TPSA) is 67.9 Å². The highest BCUT2D eigenvalue weighted by molar-refractivity contribution is 8.04. The Balaban J connectivity index is 1.54. The SMILES string of the molecule is CCOc1ccc(C=C2Sc3ccc(C(=O)NC4CCCCCC4)cc3N(C)C2=O)cc1OC. The summed E-state index contributed by atoms with van der Waals surface area (Å²) < 4.78 is 11.0. The minimum Gasteiger partial charge on any atom is -0.493 e. The molecule has 180 valence electrons. The van der Waals surface area contributed by atoms with Crippen LogP contribution in [0.1, 0.15) is 61.4 Å². The molecule has 2 aliphatic rings. The Kier molecular flexibility index (Phi) is 7.83. The van der Waals surface area contributed by atoms with Crippen molar-refractivity contribution >= 4 is 35.3 Å². The van der Waals surface area contributed by atoms with E-state index in [2.05, 4.69) is 5.32 Å². The van der Waals surface area contributed by atoms with Crippen molar-refractivity contribution in [1.82, 2.24) is 5.32 Å². The van der Waals surface area contributed by atoms with Gasteiger partial charge >= 0.3 is 0 Å². The van der Waals surface area contributed by atoms with Gasteiger partial charge in [0.25, 0.3) is 11.8 Å². The van der Waals surface area contributed by atoms with Gasteiger partial charge in [0.1, 0.15) is 0 Å². The summed E-state index contributed by atoms with van der Waals surface area (Å²) in [6.07, 6.45) is 8.75. The first-order chi connectivity index (χ1) is 16.5. The molecule has 1 N–H and O–H groups in total. The number of carbonyl (C=O) groups is 2. The minimum atomic E-state index is -0.105. The van der Waals surface area contributed by atoms with Gasteiger partial charge in [-0.2, -0.15) is 0 Å². The first-order valence-corrected chi connectivity index (χ1v) is 12.7. The van der Waals surface area contributed by atoms with Crippen LogP contribution in [-0.2, 0) is 4.79 Å². The number of amides is 2. The number of nitrogens with one attached hydrogen (secondary N) is 1. The zero-order valence-electron chi connectivity index (χ0n) is 20.1. The van der Waals surface area contributed by atoms with Crippen LogP contribution in [0.4, 0.5) is 5.69 Å². The van der Waals surface area contributed by atoms with Gasteiger partial charge in [-0.05, 0) is 61.7 Å². The fourth-order valence-electron chi connectivity index (χ4n) is 4.43. The molecule has 0 atom stereocenters. The molecular weight excluding hydrogens is 448 g/mol. The van der Waals surface area contributed by atoms with E-state index in [0.29, 0.717) is 28.6 Å². The number of hydrogen-bond acceptors (Lipinski definition) is 5.